The Morgan fingerprint density at radius 3 is 3.00 bits per heavy atom. The van der Waals surface area contributed by atoms with E-state index in [-0.39, 0.29) is 0 Å². The number of nitrogens with one attached hydrogen (secondary N) is 1. The fourth-order valence-electron chi connectivity index (χ4n) is 2.76. The van der Waals surface area contributed by atoms with Crippen molar-refractivity contribution in [1.82, 2.24) is 4.98 Å². The molecule has 1 aromatic heterocycles. The van der Waals surface area contributed by atoms with Crippen molar-refractivity contribution in [2.45, 2.75) is 38.7 Å². The fraction of sp³-hybridized carbons (Fsp3) is 0.688. The molecule has 1 saturated carbocycles. The molecule has 0 spiro atoms. The number of nitrogens with two attached hydrogens (primary N) is 1. The Morgan fingerprint density at radius 1 is 1.38 bits per heavy atom. The normalized spacial score (nSPS) is 25.0. The van der Waals surface area contributed by atoms with Gasteiger partial charge in [0.05, 0.1) is 18.4 Å². The van der Waals surface area contributed by atoms with Gasteiger partial charge in [-0.1, -0.05) is 6.92 Å². The van der Waals surface area contributed by atoms with Crippen LogP contribution < -0.4 is 15.8 Å². The van der Waals surface area contributed by atoms with Gasteiger partial charge in [0.15, 0.2) is 0 Å². The molecule has 5 heteroatoms. The van der Waals surface area contributed by atoms with Gasteiger partial charge < -0.3 is 20.5 Å². The predicted octanol–water partition coefficient (Wildman–Crippen LogP) is 2.68. The molecule has 0 radical (unpaired) electrons. The number of aromatic nitrogens is 1. The Labute approximate surface area is 126 Å². The van der Waals surface area contributed by atoms with Crippen molar-refractivity contribution in [3.05, 3.63) is 12.1 Å². The number of hydrogen-bond donors (Lipinski definition) is 2. The van der Waals surface area contributed by atoms with Crippen LogP contribution in [0.4, 0.5) is 11.5 Å². The molecule has 0 aromatic carbocycles. The maximum Gasteiger partial charge on any atom is 0.239 e. The van der Waals surface area contributed by atoms with Gasteiger partial charge in [0.2, 0.25) is 5.88 Å². The number of pyridine rings is 1. The molecular weight excluding hydrogens is 266 g/mol. The second-order valence-electron chi connectivity index (χ2n) is 6.09. The molecule has 2 atom stereocenters. The van der Waals surface area contributed by atoms with Crippen LogP contribution in [0.3, 0.4) is 0 Å². The molecule has 2 heterocycles. The van der Waals surface area contributed by atoms with E-state index in [4.69, 9.17) is 15.2 Å². The first-order chi connectivity index (χ1) is 10.3. The van der Waals surface area contributed by atoms with Crippen molar-refractivity contribution in [3.63, 3.8) is 0 Å². The minimum Gasteiger partial charge on any atom is -0.476 e. The van der Waals surface area contributed by atoms with Crippen LogP contribution in [0.2, 0.25) is 0 Å². The lowest BCUT2D eigenvalue weighted by molar-refractivity contribution is 0.0900. The summed E-state index contributed by atoms with van der Waals surface area (Å²) in [5.41, 5.74) is 6.53. The molecule has 0 bridgehead atoms. The van der Waals surface area contributed by atoms with E-state index in [1.807, 2.05) is 12.1 Å². The maximum absolute atomic E-state index is 5.92. The lowest BCUT2D eigenvalue weighted by atomic mass is 10.00. The summed E-state index contributed by atoms with van der Waals surface area (Å²) >= 11 is 0. The lowest BCUT2D eigenvalue weighted by Crippen LogP contribution is -2.23. The van der Waals surface area contributed by atoms with Crippen molar-refractivity contribution in [3.8, 4) is 5.88 Å². The van der Waals surface area contributed by atoms with Crippen LogP contribution in [-0.2, 0) is 4.74 Å². The Balaban J connectivity index is 1.55. The van der Waals surface area contributed by atoms with Crippen molar-refractivity contribution in [2.24, 2.45) is 11.8 Å². The Hall–Kier alpha value is -1.49. The molecule has 1 aliphatic carbocycles. The average molecular weight is 291 g/mol. The zero-order valence-corrected chi connectivity index (χ0v) is 12.7. The van der Waals surface area contributed by atoms with Crippen LogP contribution in [0.15, 0.2) is 12.1 Å². The first-order valence-electron chi connectivity index (χ1n) is 8.01. The third-order valence-corrected chi connectivity index (χ3v) is 4.34. The van der Waals surface area contributed by atoms with E-state index in [2.05, 4.69) is 17.2 Å². The van der Waals surface area contributed by atoms with Crippen molar-refractivity contribution < 1.29 is 9.47 Å². The van der Waals surface area contributed by atoms with Gasteiger partial charge in [-0.25, -0.2) is 0 Å². The standard InChI is InChI=1S/C16H25N3O2/c1-2-14-12(7-8-20-14)9-18-15-6-5-13(17)16(19-15)21-10-11-3-4-11/h5-6,11-12,14H,2-4,7-10,17H2,1H3,(H,18,19). The highest BCUT2D eigenvalue weighted by atomic mass is 16.5. The van der Waals surface area contributed by atoms with Gasteiger partial charge in [-0.15, -0.1) is 0 Å². The van der Waals surface area contributed by atoms with Gasteiger partial charge >= 0.3 is 0 Å². The molecule has 2 aliphatic rings. The molecule has 2 fully saturated rings. The Morgan fingerprint density at radius 2 is 2.24 bits per heavy atom. The minimum atomic E-state index is 0.372. The summed E-state index contributed by atoms with van der Waals surface area (Å²) < 4.78 is 11.4. The third kappa shape index (κ3) is 3.79. The number of rotatable bonds is 7. The number of hydrogen-bond acceptors (Lipinski definition) is 5. The molecule has 116 valence electrons. The molecule has 3 rings (SSSR count). The molecular formula is C16H25N3O2. The van der Waals surface area contributed by atoms with E-state index in [9.17, 15) is 0 Å². The fourth-order valence-corrected chi connectivity index (χ4v) is 2.76. The van der Waals surface area contributed by atoms with Gasteiger partial charge in [0.1, 0.15) is 5.82 Å². The summed E-state index contributed by atoms with van der Waals surface area (Å²) in [6, 6.07) is 3.77. The first kappa shape index (κ1) is 14.4. The van der Waals surface area contributed by atoms with Crippen LogP contribution >= 0.6 is 0 Å². The Bertz CT molecular complexity index is 477. The monoisotopic (exact) mass is 291 g/mol. The van der Waals surface area contributed by atoms with Gasteiger partial charge in [-0.3, -0.25) is 0 Å². The topological polar surface area (TPSA) is 69.4 Å². The zero-order chi connectivity index (χ0) is 14.7. The lowest BCUT2D eigenvalue weighted by Gasteiger charge is -2.18. The average Bonchev–Trinajstić information content (AvgIpc) is 3.21. The molecule has 21 heavy (non-hydrogen) atoms. The molecule has 1 saturated heterocycles. The second-order valence-corrected chi connectivity index (χ2v) is 6.09. The van der Waals surface area contributed by atoms with E-state index >= 15 is 0 Å². The number of nitrogens with zero attached hydrogens (tertiary/aromatic N) is 1. The second kappa shape index (κ2) is 6.52. The summed E-state index contributed by atoms with van der Waals surface area (Å²) in [6.07, 6.45) is 5.08. The molecule has 0 amide bonds. The summed E-state index contributed by atoms with van der Waals surface area (Å²) in [5.74, 6) is 2.65. The van der Waals surface area contributed by atoms with Gasteiger partial charge in [-0.2, -0.15) is 4.98 Å². The van der Waals surface area contributed by atoms with Crippen LogP contribution in [0, 0.1) is 11.8 Å². The summed E-state index contributed by atoms with van der Waals surface area (Å²) in [4.78, 5) is 4.48. The molecule has 1 aliphatic heterocycles. The van der Waals surface area contributed by atoms with Crippen LogP contribution in [0.25, 0.3) is 0 Å². The van der Waals surface area contributed by atoms with Crippen LogP contribution in [0.1, 0.15) is 32.6 Å². The van der Waals surface area contributed by atoms with Gasteiger partial charge in [-0.05, 0) is 43.7 Å². The van der Waals surface area contributed by atoms with Crippen molar-refractivity contribution in [1.29, 1.82) is 0 Å². The molecule has 5 nitrogen and oxygen atoms in total. The molecule has 1 aromatic rings. The van der Waals surface area contributed by atoms with E-state index < -0.39 is 0 Å². The van der Waals surface area contributed by atoms with E-state index in [1.54, 1.807) is 0 Å². The smallest absolute Gasteiger partial charge is 0.239 e. The summed E-state index contributed by atoms with van der Waals surface area (Å²) in [6.45, 7) is 4.66. The van der Waals surface area contributed by atoms with Crippen molar-refractivity contribution in [2.75, 3.05) is 30.8 Å². The number of anilines is 2. The van der Waals surface area contributed by atoms with Crippen molar-refractivity contribution >= 4 is 11.5 Å². The molecule has 2 unspecified atom stereocenters. The maximum atomic E-state index is 5.92. The van der Waals surface area contributed by atoms with Gasteiger partial charge in [0.25, 0.3) is 0 Å². The zero-order valence-electron chi connectivity index (χ0n) is 12.7. The summed E-state index contributed by atoms with van der Waals surface area (Å²) in [5, 5.41) is 3.40. The van der Waals surface area contributed by atoms with E-state index in [0.29, 0.717) is 29.5 Å². The van der Waals surface area contributed by atoms with E-state index in [0.717, 1.165) is 38.4 Å². The quantitative estimate of drug-likeness (QED) is 0.808. The highest BCUT2D eigenvalue weighted by molar-refractivity contribution is 5.53. The van der Waals surface area contributed by atoms with Gasteiger partial charge in [0, 0.05) is 19.1 Å². The predicted molar refractivity (Wildman–Crippen MR) is 83.5 cm³/mol. The number of nitrogen functional groups attached to an aromatic ring is 1. The first-order valence-corrected chi connectivity index (χ1v) is 8.01. The highest BCUT2D eigenvalue weighted by Crippen LogP contribution is 2.31. The van der Waals surface area contributed by atoms with Crippen LogP contribution in [0.5, 0.6) is 5.88 Å². The molecule has 3 N–H and O–H groups in total. The van der Waals surface area contributed by atoms with Crippen LogP contribution in [-0.4, -0.2) is 30.8 Å². The summed E-state index contributed by atoms with van der Waals surface area (Å²) in [7, 11) is 0. The number of ether oxygens (including phenoxy) is 2. The highest BCUT2D eigenvalue weighted by Gasteiger charge is 2.26. The van der Waals surface area contributed by atoms with E-state index in [1.165, 1.54) is 12.8 Å². The Kier molecular flexibility index (Phi) is 4.48. The third-order valence-electron chi connectivity index (χ3n) is 4.34. The minimum absolute atomic E-state index is 0.372. The largest absolute Gasteiger partial charge is 0.476 e. The SMILES string of the molecule is CCC1OCCC1CNc1ccc(N)c(OCC2CC2)n1.